The van der Waals surface area contributed by atoms with E-state index in [9.17, 15) is 24.3 Å². The number of aryl methyl sites for hydroxylation is 1. The van der Waals surface area contributed by atoms with Gasteiger partial charge < -0.3 is 26.4 Å². The molecule has 0 saturated carbocycles. The van der Waals surface area contributed by atoms with E-state index >= 15 is 0 Å². The lowest BCUT2D eigenvalue weighted by Gasteiger charge is -2.27. The van der Waals surface area contributed by atoms with Crippen LogP contribution in [0, 0.1) is 24.7 Å². The van der Waals surface area contributed by atoms with Crippen molar-refractivity contribution in [2.75, 3.05) is 6.54 Å². The minimum atomic E-state index is -0.995. The molecule has 0 spiro atoms. The van der Waals surface area contributed by atoms with Crippen molar-refractivity contribution in [2.24, 2.45) is 17.8 Å². The van der Waals surface area contributed by atoms with Crippen molar-refractivity contribution in [1.29, 1.82) is 0 Å². The van der Waals surface area contributed by atoms with Crippen molar-refractivity contribution < 1.29 is 24.3 Å². The first kappa shape index (κ1) is 33.9. The monoisotopic (exact) mass is 587 g/mol. The summed E-state index contributed by atoms with van der Waals surface area (Å²) >= 11 is 1.46. The van der Waals surface area contributed by atoms with E-state index in [1.807, 2.05) is 46.9 Å². The van der Waals surface area contributed by atoms with Crippen LogP contribution in [0.3, 0.4) is 0 Å². The van der Waals surface area contributed by atoms with Crippen molar-refractivity contribution in [3.05, 3.63) is 51.5 Å². The lowest BCUT2D eigenvalue weighted by Crippen LogP contribution is -2.52. The Bertz CT molecular complexity index is 1180. The molecule has 11 heteroatoms. The molecule has 0 saturated heterocycles. The summed E-state index contributed by atoms with van der Waals surface area (Å²) in [5, 5.41) is 24.9. The fourth-order valence-corrected chi connectivity index (χ4v) is 4.86. The molecule has 0 aliphatic heterocycles. The maximum atomic E-state index is 13.0. The topological polar surface area (TPSA) is 150 Å². The van der Waals surface area contributed by atoms with Crippen molar-refractivity contribution in [3.8, 4) is 0 Å². The molecular formula is C30H45N5O5S. The summed E-state index contributed by atoms with van der Waals surface area (Å²) in [7, 11) is 0. The molecule has 41 heavy (non-hydrogen) atoms. The molecule has 1 heterocycles. The summed E-state index contributed by atoms with van der Waals surface area (Å²) in [6.45, 7) is 13.9. The van der Waals surface area contributed by atoms with Crippen LogP contribution >= 0.6 is 11.3 Å². The second-order valence-electron chi connectivity index (χ2n) is 11.2. The van der Waals surface area contributed by atoms with Gasteiger partial charge in [0.1, 0.15) is 11.0 Å². The van der Waals surface area contributed by atoms with Crippen LogP contribution in [-0.4, -0.2) is 58.5 Å². The first-order valence-electron chi connectivity index (χ1n) is 14.2. The lowest BCUT2D eigenvalue weighted by molar-refractivity contribution is -0.132. The average Bonchev–Trinajstić information content (AvgIpc) is 3.36. The molecule has 0 aliphatic carbocycles. The molecule has 0 fully saturated rings. The van der Waals surface area contributed by atoms with Crippen molar-refractivity contribution >= 4 is 35.0 Å². The summed E-state index contributed by atoms with van der Waals surface area (Å²) in [4.78, 5) is 55.5. The maximum Gasteiger partial charge on any atom is 0.251 e. The highest BCUT2D eigenvalue weighted by atomic mass is 32.1. The van der Waals surface area contributed by atoms with E-state index in [1.165, 1.54) is 17.4 Å². The number of aromatic nitrogens is 1. The number of nitrogens with one attached hydrogen (secondary N) is 4. The van der Waals surface area contributed by atoms with Crippen LogP contribution in [0.5, 0.6) is 0 Å². The average molecular weight is 588 g/mol. The van der Waals surface area contributed by atoms with Crippen LogP contribution in [0.1, 0.15) is 85.8 Å². The third-order valence-corrected chi connectivity index (χ3v) is 7.62. The third kappa shape index (κ3) is 10.9. The fraction of sp³-hybridized carbons (Fsp3) is 0.567. The SMILES string of the molecule is CC[C@H](NC(=O)c1cccc(C(=O)NCc2nc(C)cs2)c1)C(O)CC(C)C(=O)N[C@H](C(=O)NCC(C)C)C(C)C. The molecule has 0 bridgehead atoms. The normalized spacial score (nSPS) is 14.2. The van der Waals surface area contributed by atoms with E-state index in [0.717, 1.165) is 10.7 Å². The Balaban J connectivity index is 1.96. The van der Waals surface area contributed by atoms with Gasteiger partial charge in [-0.1, -0.05) is 47.6 Å². The number of thiazole rings is 1. The Kier molecular flexibility index (Phi) is 13.4. The summed E-state index contributed by atoms with van der Waals surface area (Å²) in [5.41, 5.74) is 1.51. The van der Waals surface area contributed by atoms with Gasteiger partial charge >= 0.3 is 0 Å². The lowest BCUT2D eigenvalue weighted by atomic mass is 9.95. The number of carbonyl (C=O) groups is 4. The van der Waals surface area contributed by atoms with Gasteiger partial charge in [0, 0.05) is 34.7 Å². The van der Waals surface area contributed by atoms with Gasteiger partial charge in [0.05, 0.1) is 18.7 Å². The molecule has 4 atom stereocenters. The summed E-state index contributed by atoms with van der Waals surface area (Å²) in [6, 6.07) is 5.06. The van der Waals surface area contributed by atoms with Crippen LogP contribution < -0.4 is 21.3 Å². The highest BCUT2D eigenvalue weighted by molar-refractivity contribution is 7.09. The Morgan fingerprint density at radius 1 is 0.951 bits per heavy atom. The van der Waals surface area contributed by atoms with E-state index in [-0.39, 0.29) is 41.5 Å². The van der Waals surface area contributed by atoms with Gasteiger partial charge in [-0.15, -0.1) is 11.3 Å². The van der Waals surface area contributed by atoms with Crippen LogP contribution in [0.25, 0.3) is 0 Å². The Hall–Kier alpha value is -3.31. The fourth-order valence-electron chi connectivity index (χ4n) is 4.14. The number of nitrogens with zero attached hydrogens (tertiary/aromatic N) is 1. The van der Waals surface area contributed by atoms with Crippen LogP contribution in [0.2, 0.25) is 0 Å². The van der Waals surface area contributed by atoms with E-state index in [4.69, 9.17) is 0 Å². The number of aliphatic hydroxyl groups is 1. The Morgan fingerprint density at radius 3 is 2.17 bits per heavy atom. The summed E-state index contributed by atoms with van der Waals surface area (Å²) in [6.07, 6.45) is -0.465. The minimum Gasteiger partial charge on any atom is -0.391 e. The number of hydrogen-bond donors (Lipinski definition) is 5. The number of amides is 4. The predicted molar refractivity (Wildman–Crippen MR) is 160 cm³/mol. The van der Waals surface area contributed by atoms with Gasteiger partial charge in [-0.3, -0.25) is 19.2 Å². The highest BCUT2D eigenvalue weighted by Crippen LogP contribution is 2.15. The Labute approximate surface area is 247 Å². The molecule has 5 N–H and O–H groups in total. The van der Waals surface area contributed by atoms with E-state index in [2.05, 4.69) is 26.3 Å². The molecular weight excluding hydrogens is 542 g/mol. The van der Waals surface area contributed by atoms with E-state index in [1.54, 1.807) is 25.1 Å². The van der Waals surface area contributed by atoms with Crippen molar-refractivity contribution in [3.63, 3.8) is 0 Å². The molecule has 0 aliphatic rings. The molecule has 0 radical (unpaired) electrons. The van der Waals surface area contributed by atoms with Gasteiger partial charge in [0.25, 0.3) is 11.8 Å². The van der Waals surface area contributed by atoms with E-state index in [0.29, 0.717) is 25.1 Å². The largest absolute Gasteiger partial charge is 0.391 e. The summed E-state index contributed by atoms with van der Waals surface area (Å²) in [5.74, 6) is -1.74. The number of benzene rings is 1. The standard InChI is InChI=1S/C30H45N5O5S/c1-8-23(24(36)12-19(6)27(37)35-26(18(4)5)30(40)31-14-17(2)3)34-29(39)22-11-9-10-21(13-22)28(38)32-15-25-33-20(7)16-41-25/h9-11,13,16-19,23-24,26,36H,8,12,14-15H2,1-7H3,(H,31,40)(H,32,38)(H,34,39)(H,35,37)/t19?,23-,24?,26-/m0/s1. The molecule has 1 aromatic carbocycles. The van der Waals surface area contributed by atoms with Gasteiger partial charge in [-0.05, 0) is 49.8 Å². The molecule has 4 amide bonds. The molecule has 1 aromatic heterocycles. The molecule has 2 rings (SSSR count). The van der Waals surface area contributed by atoms with Crippen LogP contribution in [-0.2, 0) is 16.1 Å². The molecule has 10 nitrogen and oxygen atoms in total. The molecule has 226 valence electrons. The van der Waals surface area contributed by atoms with Gasteiger partial charge in [0.15, 0.2) is 0 Å². The van der Waals surface area contributed by atoms with Gasteiger partial charge in [-0.2, -0.15) is 0 Å². The minimum absolute atomic E-state index is 0.0989. The first-order chi connectivity index (χ1) is 19.3. The zero-order valence-electron chi connectivity index (χ0n) is 25.1. The smallest absolute Gasteiger partial charge is 0.251 e. The highest BCUT2D eigenvalue weighted by Gasteiger charge is 2.29. The van der Waals surface area contributed by atoms with E-state index < -0.39 is 30.0 Å². The zero-order chi connectivity index (χ0) is 30.7. The number of carbonyl (C=O) groups excluding carboxylic acids is 4. The second-order valence-corrected chi connectivity index (χ2v) is 12.2. The van der Waals surface area contributed by atoms with Crippen LogP contribution in [0.15, 0.2) is 29.6 Å². The maximum absolute atomic E-state index is 13.0. The predicted octanol–water partition coefficient (Wildman–Crippen LogP) is 3.19. The number of rotatable bonds is 15. The summed E-state index contributed by atoms with van der Waals surface area (Å²) < 4.78 is 0. The molecule has 2 unspecified atom stereocenters. The molecule has 2 aromatic rings. The zero-order valence-corrected chi connectivity index (χ0v) is 25.9. The Morgan fingerprint density at radius 2 is 1.61 bits per heavy atom. The second kappa shape index (κ2) is 16.2. The van der Waals surface area contributed by atoms with Gasteiger partial charge in [-0.25, -0.2) is 4.98 Å². The van der Waals surface area contributed by atoms with Gasteiger partial charge in [0.2, 0.25) is 11.8 Å². The number of aliphatic hydroxyl groups excluding tert-OH is 1. The van der Waals surface area contributed by atoms with Crippen molar-refractivity contribution in [1.82, 2.24) is 26.3 Å². The first-order valence-corrected chi connectivity index (χ1v) is 15.1. The van der Waals surface area contributed by atoms with Crippen molar-refractivity contribution in [2.45, 2.75) is 86.0 Å². The van der Waals surface area contributed by atoms with Crippen LogP contribution in [0.4, 0.5) is 0 Å². The third-order valence-electron chi connectivity index (χ3n) is 6.65. The number of hydrogen-bond acceptors (Lipinski definition) is 7. The quantitative estimate of drug-likeness (QED) is 0.216.